The van der Waals surface area contributed by atoms with Crippen LogP contribution in [0.4, 0.5) is 0 Å². The van der Waals surface area contributed by atoms with Crippen LogP contribution in [0.5, 0.6) is 0 Å². The molecular weight excluding hydrogens is 460 g/mol. The molecule has 1 aromatic heterocycles. The van der Waals surface area contributed by atoms with Gasteiger partial charge < -0.3 is 15.2 Å². The summed E-state index contributed by atoms with van der Waals surface area (Å²) >= 11 is 6.02. The lowest BCUT2D eigenvalue weighted by atomic mass is 9.83. The summed E-state index contributed by atoms with van der Waals surface area (Å²) in [4.78, 5) is 26.1. The molecule has 3 aromatic rings. The maximum Gasteiger partial charge on any atom is 0.251 e. The van der Waals surface area contributed by atoms with Crippen LogP contribution in [0.1, 0.15) is 56.3 Å². The lowest BCUT2D eigenvalue weighted by molar-refractivity contribution is -0.127. The van der Waals surface area contributed by atoms with Crippen molar-refractivity contribution in [2.75, 3.05) is 0 Å². The molecule has 2 aromatic carbocycles. The number of hydrogen-bond acceptors (Lipinski definition) is 3. The molecule has 7 heteroatoms. The zero-order chi connectivity index (χ0) is 24.9. The van der Waals surface area contributed by atoms with E-state index in [1.165, 1.54) is 0 Å². The molecule has 6 nitrogen and oxygen atoms in total. The highest BCUT2D eigenvalue weighted by atomic mass is 35.5. The third kappa shape index (κ3) is 5.86. The van der Waals surface area contributed by atoms with Crippen molar-refractivity contribution >= 4 is 34.3 Å². The number of halogens is 1. The fourth-order valence-corrected chi connectivity index (χ4v) is 5.00. The van der Waals surface area contributed by atoms with E-state index < -0.39 is 6.04 Å². The van der Waals surface area contributed by atoms with Crippen LogP contribution in [-0.2, 0) is 4.79 Å². The Balaban J connectivity index is 1.47. The summed E-state index contributed by atoms with van der Waals surface area (Å²) in [6.45, 7) is 4.06. The van der Waals surface area contributed by atoms with Crippen LogP contribution < -0.4 is 10.6 Å². The molecule has 0 radical (unpaired) electrons. The van der Waals surface area contributed by atoms with Gasteiger partial charge in [0.15, 0.2) is 0 Å². The fraction of sp³-hybridized carbons (Fsp3) is 0.393. The van der Waals surface area contributed by atoms with Crippen molar-refractivity contribution < 1.29 is 9.59 Å². The Labute approximate surface area is 211 Å². The first kappa shape index (κ1) is 24.8. The lowest BCUT2D eigenvalue weighted by Gasteiger charge is -2.32. The van der Waals surface area contributed by atoms with E-state index in [1.807, 2.05) is 68.6 Å². The zero-order valence-electron chi connectivity index (χ0n) is 20.1. The van der Waals surface area contributed by atoms with E-state index >= 15 is 0 Å². The van der Waals surface area contributed by atoms with Crippen molar-refractivity contribution in [2.24, 2.45) is 11.8 Å². The second-order valence-electron chi connectivity index (χ2n) is 9.73. The van der Waals surface area contributed by atoms with Gasteiger partial charge in [-0.25, -0.2) is 0 Å². The molecule has 35 heavy (non-hydrogen) atoms. The third-order valence-electron chi connectivity index (χ3n) is 6.66. The SMILES string of the molecule is CC(C)C[C@@H](C#N)NC(=O)[C@@H]1CCCC[C@@H]1NC(=O)c1ccc2c(ccn2-c2ccc(Cl)cc2)c1. The number of aromatic nitrogens is 1. The average molecular weight is 491 g/mol. The average Bonchev–Trinajstić information content (AvgIpc) is 3.27. The number of fused-ring (bicyclic) bond motifs is 1. The van der Waals surface area contributed by atoms with Gasteiger partial charge in [0.05, 0.1) is 17.5 Å². The van der Waals surface area contributed by atoms with Crippen molar-refractivity contribution in [3.8, 4) is 11.8 Å². The molecule has 1 saturated carbocycles. The number of rotatable bonds is 7. The molecule has 0 unspecified atom stereocenters. The highest BCUT2D eigenvalue weighted by molar-refractivity contribution is 6.30. The van der Waals surface area contributed by atoms with Crippen molar-refractivity contribution in [2.45, 2.75) is 58.0 Å². The van der Waals surface area contributed by atoms with Gasteiger partial charge >= 0.3 is 0 Å². The smallest absolute Gasteiger partial charge is 0.251 e. The van der Waals surface area contributed by atoms with Gasteiger partial charge in [0.2, 0.25) is 5.91 Å². The van der Waals surface area contributed by atoms with Crippen LogP contribution >= 0.6 is 11.6 Å². The Hall–Kier alpha value is -3.30. The van der Waals surface area contributed by atoms with Gasteiger partial charge in [-0.3, -0.25) is 9.59 Å². The molecule has 0 spiro atoms. The first-order valence-corrected chi connectivity index (χ1v) is 12.6. The van der Waals surface area contributed by atoms with Crippen molar-refractivity contribution in [1.29, 1.82) is 5.26 Å². The predicted octanol–water partition coefficient (Wildman–Crippen LogP) is 5.63. The van der Waals surface area contributed by atoms with Crippen LogP contribution in [0.2, 0.25) is 5.02 Å². The number of nitriles is 1. The second kappa shape index (κ2) is 11.0. The summed E-state index contributed by atoms with van der Waals surface area (Å²) in [6, 6.07) is 16.7. The zero-order valence-corrected chi connectivity index (χ0v) is 20.9. The van der Waals surface area contributed by atoms with E-state index in [2.05, 4.69) is 21.3 Å². The molecular formula is C28H31ClN4O2. The number of nitrogens with zero attached hydrogens (tertiary/aromatic N) is 2. The summed E-state index contributed by atoms with van der Waals surface area (Å²) in [5.41, 5.74) is 2.54. The normalized spacial score (nSPS) is 18.7. The summed E-state index contributed by atoms with van der Waals surface area (Å²) in [6.07, 6.45) is 5.95. The molecule has 1 heterocycles. The lowest BCUT2D eigenvalue weighted by Crippen LogP contribution is -2.50. The minimum absolute atomic E-state index is 0.141. The van der Waals surface area contributed by atoms with Gasteiger partial charge in [0.25, 0.3) is 5.91 Å². The minimum atomic E-state index is -0.507. The number of benzene rings is 2. The Morgan fingerprint density at radius 2 is 1.86 bits per heavy atom. The molecule has 1 aliphatic carbocycles. The van der Waals surface area contributed by atoms with E-state index in [1.54, 1.807) is 0 Å². The number of amides is 2. The van der Waals surface area contributed by atoms with Gasteiger partial charge in [-0.1, -0.05) is 38.3 Å². The molecule has 0 saturated heterocycles. The molecule has 1 aliphatic rings. The largest absolute Gasteiger partial charge is 0.349 e. The van der Waals surface area contributed by atoms with Gasteiger partial charge in [-0.05, 0) is 73.7 Å². The fourth-order valence-electron chi connectivity index (χ4n) is 4.87. The van der Waals surface area contributed by atoms with Gasteiger partial charge in [0, 0.05) is 33.9 Å². The summed E-state index contributed by atoms with van der Waals surface area (Å²) in [5, 5.41) is 17.0. The Bertz CT molecular complexity index is 1240. The minimum Gasteiger partial charge on any atom is -0.349 e. The standard InChI is InChI=1S/C28H31ClN4O2/c1-18(2)15-22(17-30)31-28(35)24-5-3-4-6-25(24)32-27(34)20-7-12-26-19(16-20)13-14-33(26)23-10-8-21(29)9-11-23/h7-14,16,18,22,24-25H,3-6,15H2,1-2H3,(H,31,35)(H,32,34)/t22-,24+,25-/m0/s1. The molecule has 3 atom stereocenters. The van der Waals surface area contributed by atoms with Crippen molar-refractivity contribution in [3.05, 3.63) is 65.3 Å². The number of nitrogens with one attached hydrogen (secondary N) is 2. The van der Waals surface area contributed by atoms with Crippen LogP contribution in [0.15, 0.2) is 54.7 Å². The number of carbonyl (C=O) groups is 2. The predicted molar refractivity (Wildman–Crippen MR) is 138 cm³/mol. The number of carbonyl (C=O) groups excluding carboxylic acids is 2. The topological polar surface area (TPSA) is 86.9 Å². The van der Waals surface area contributed by atoms with E-state index in [4.69, 9.17) is 11.6 Å². The molecule has 4 rings (SSSR count). The molecule has 182 valence electrons. The maximum absolute atomic E-state index is 13.1. The Morgan fingerprint density at radius 1 is 1.11 bits per heavy atom. The van der Waals surface area contributed by atoms with Crippen LogP contribution in [0.3, 0.4) is 0 Å². The summed E-state index contributed by atoms with van der Waals surface area (Å²) < 4.78 is 2.05. The van der Waals surface area contributed by atoms with Gasteiger partial charge in [-0.2, -0.15) is 5.26 Å². The number of hydrogen-bond donors (Lipinski definition) is 2. The highest BCUT2D eigenvalue weighted by Crippen LogP contribution is 2.27. The quantitative estimate of drug-likeness (QED) is 0.450. The second-order valence-corrected chi connectivity index (χ2v) is 10.2. The Morgan fingerprint density at radius 3 is 2.57 bits per heavy atom. The van der Waals surface area contributed by atoms with E-state index in [-0.39, 0.29) is 23.8 Å². The summed E-state index contributed by atoms with van der Waals surface area (Å²) in [7, 11) is 0. The van der Waals surface area contributed by atoms with E-state index in [0.29, 0.717) is 29.3 Å². The summed E-state index contributed by atoms with van der Waals surface area (Å²) in [5.74, 6) is -0.343. The van der Waals surface area contributed by atoms with Crippen LogP contribution in [0.25, 0.3) is 16.6 Å². The molecule has 2 N–H and O–H groups in total. The van der Waals surface area contributed by atoms with Crippen LogP contribution in [-0.4, -0.2) is 28.5 Å². The van der Waals surface area contributed by atoms with Gasteiger partial charge in [0.1, 0.15) is 6.04 Å². The highest BCUT2D eigenvalue weighted by Gasteiger charge is 2.33. The molecule has 2 amide bonds. The first-order chi connectivity index (χ1) is 16.9. The molecule has 0 aliphatic heterocycles. The monoisotopic (exact) mass is 490 g/mol. The van der Waals surface area contributed by atoms with E-state index in [0.717, 1.165) is 35.9 Å². The molecule has 1 fully saturated rings. The van der Waals surface area contributed by atoms with Crippen molar-refractivity contribution in [3.63, 3.8) is 0 Å². The Kier molecular flexibility index (Phi) is 7.77. The molecule has 0 bridgehead atoms. The van der Waals surface area contributed by atoms with Crippen LogP contribution in [0, 0.1) is 23.2 Å². The van der Waals surface area contributed by atoms with E-state index in [9.17, 15) is 14.9 Å². The van der Waals surface area contributed by atoms with Gasteiger partial charge in [-0.15, -0.1) is 0 Å². The third-order valence-corrected chi connectivity index (χ3v) is 6.91. The maximum atomic E-state index is 13.1. The van der Waals surface area contributed by atoms with Crippen molar-refractivity contribution in [1.82, 2.24) is 15.2 Å². The first-order valence-electron chi connectivity index (χ1n) is 12.2.